The summed E-state index contributed by atoms with van der Waals surface area (Å²) in [6.45, 7) is 2.03. The fourth-order valence-electron chi connectivity index (χ4n) is 2.71. The van der Waals surface area contributed by atoms with Crippen LogP contribution in [-0.2, 0) is 15.9 Å². The molecular formula is C19H14O6. The maximum Gasteiger partial charge on any atom is 0.347 e. The normalized spacial score (nSPS) is 14.3. The van der Waals surface area contributed by atoms with Gasteiger partial charge in [-0.2, -0.15) is 0 Å². The number of carbonyl (C=O) groups is 4. The Balaban J connectivity index is 0.000000150. The highest BCUT2D eigenvalue weighted by molar-refractivity contribution is 6.15. The third kappa shape index (κ3) is 3.06. The second-order valence-corrected chi connectivity index (χ2v) is 5.49. The number of aryl methyl sites for hydroxylation is 1. The molecule has 0 atom stereocenters. The largest absolute Gasteiger partial charge is 0.386 e. The first-order valence-corrected chi connectivity index (χ1v) is 7.77. The summed E-state index contributed by atoms with van der Waals surface area (Å²) in [5, 5.41) is 0. The fourth-order valence-corrected chi connectivity index (χ4v) is 2.71. The molecule has 0 spiro atoms. The lowest BCUT2D eigenvalue weighted by molar-refractivity contribution is 0.0425. The van der Waals surface area contributed by atoms with Gasteiger partial charge in [-0.25, -0.2) is 19.2 Å². The molecule has 0 unspecified atom stereocenters. The molecule has 0 fully saturated rings. The van der Waals surface area contributed by atoms with Gasteiger partial charge in [0.1, 0.15) is 0 Å². The van der Waals surface area contributed by atoms with Crippen molar-refractivity contribution in [2.24, 2.45) is 0 Å². The van der Waals surface area contributed by atoms with E-state index < -0.39 is 23.9 Å². The third-order valence-corrected chi connectivity index (χ3v) is 3.83. The predicted octanol–water partition coefficient (Wildman–Crippen LogP) is 2.95. The van der Waals surface area contributed by atoms with Gasteiger partial charge in [0.05, 0.1) is 22.3 Å². The van der Waals surface area contributed by atoms with E-state index in [1.165, 1.54) is 0 Å². The number of hydrogen-bond acceptors (Lipinski definition) is 6. The molecule has 126 valence electrons. The van der Waals surface area contributed by atoms with E-state index in [0.717, 1.165) is 18.4 Å². The fraction of sp³-hybridized carbons (Fsp3) is 0.158. The van der Waals surface area contributed by atoms with Crippen LogP contribution < -0.4 is 0 Å². The molecule has 25 heavy (non-hydrogen) atoms. The van der Waals surface area contributed by atoms with E-state index in [0.29, 0.717) is 22.3 Å². The zero-order valence-electron chi connectivity index (χ0n) is 13.4. The van der Waals surface area contributed by atoms with Crippen molar-refractivity contribution in [3.8, 4) is 0 Å². The summed E-state index contributed by atoms with van der Waals surface area (Å²) in [4.78, 5) is 44.2. The number of cyclic esters (lactones) is 4. The van der Waals surface area contributed by atoms with Crippen LogP contribution in [-0.4, -0.2) is 23.9 Å². The van der Waals surface area contributed by atoms with Crippen LogP contribution in [0.3, 0.4) is 0 Å². The van der Waals surface area contributed by atoms with E-state index >= 15 is 0 Å². The van der Waals surface area contributed by atoms with Crippen LogP contribution in [0, 0.1) is 0 Å². The first-order chi connectivity index (χ1) is 12.0. The molecule has 2 heterocycles. The van der Waals surface area contributed by atoms with E-state index in [9.17, 15) is 19.2 Å². The second-order valence-electron chi connectivity index (χ2n) is 5.49. The van der Waals surface area contributed by atoms with Gasteiger partial charge < -0.3 is 9.47 Å². The van der Waals surface area contributed by atoms with Crippen LogP contribution in [0.5, 0.6) is 0 Å². The van der Waals surface area contributed by atoms with Gasteiger partial charge in [-0.1, -0.05) is 37.6 Å². The van der Waals surface area contributed by atoms with Crippen LogP contribution >= 0.6 is 0 Å². The molecule has 4 rings (SSSR count). The standard InChI is InChI=1S/C11H10O3.C8H4O3/c1-2-4-7-5-3-6-8-9(7)11(13)14-10(8)12;9-7-5-3-1-2-4-6(5)8(10)11-7/h3,5-6H,2,4H2,1H3;1-4H. The molecule has 6 heteroatoms. The highest BCUT2D eigenvalue weighted by Gasteiger charge is 2.31. The van der Waals surface area contributed by atoms with Gasteiger partial charge in [0.15, 0.2) is 0 Å². The van der Waals surface area contributed by atoms with Crippen molar-refractivity contribution in [1.82, 2.24) is 0 Å². The lowest BCUT2D eigenvalue weighted by atomic mass is 9.99. The minimum Gasteiger partial charge on any atom is -0.386 e. The van der Waals surface area contributed by atoms with E-state index in [-0.39, 0.29) is 0 Å². The zero-order valence-corrected chi connectivity index (χ0v) is 13.4. The Morgan fingerprint density at radius 2 is 1.20 bits per heavy atom. The predicted molar refractivity (Wildman–Crippen MR) is 86.4 cm³/mol. The molecule has 0 radical (unpaired) electrons. The minimum atomic E-state index is -0.550. The maximum atomic E-state index is 11.3. The monoisotopic (exact) mass is 338 g/mol. The highest BCUT2D eigenvalue weighted by atomic mass is 16.6. The number of fused-ring (bicyclic) bond motifs is 2. The van der Waals surface area contributed by atoms with E-state index in [2.05, 4.69) is 9.47 Å². The average molecular weight is 338 g/mol. The molecule has 0 amide bonds. The van der Waals surface area contributed by atoms with Gasteiger partial charge in [0.25, 0.3) is 0 Å². The van der Waals surface area contributed by atoms with Crippen LogP contribution in [0.15, 0.2) is 42.5 Å². The van der Waals surface area contributed by atoms with Crippen molar-refractivity contribution in [2.75, 3.05) is 0 Å². The van der Waals surface area contributed by atoms with Gasteiger partial charge in [0, 0.05) is 0 Å². The summed E-state index contributed by atoms with van der Waals surface area (Å²) in [7, 11) is 0. The van der Waals surface area contributed by atoms with Gasteiger partial charge >= 0.3 is 23.9 Å². The van der Waals surface area contributed by atoms with Crippen LogP contribution in [0.4, 0.5) is 0 Å². The van der Waals surface area contributed by atoms with E-state index in [1.807, 2.05) is 13.0 Å². The highest BCUT2D eigenvalue weighted by Crippen LogP contribution is 2.24. The molecule has 2 aliphatic heterocycles. The lowest BCUT2D eigenvalue weighted by Crippen LogP contribution is -2.00. The summed E-state index contributed by atoms with van der Waals surface area (Å²) in [6.07, 6.45) is 1.74. The molecule has 2 aliphatic rings. The van der Waals surface area contributed by atoms with E-state index in [1.54, 1.807) is 36.4 Å². The molecular weight excluding hydrogens is 324 g/mol. The Labute approximate surface area is 143 Å². The Hall–Kier alpha value is -3.28. The maximum absolute atomic E-state index is 11.3. The first kappa shape index (κ1) is 16.6. The topological polar surface area (TPSA) is 86.7 Å². The summed E-state index contributed by atoms with van der Waals surface area (Å²) in [5.41, 5.74) is 2.48. The van der Waals surface area contributed by atoms with Crippen molar-refractivity contribution in [3.05, 3.63) is 70.3 Å². The quantitative estimate of drug-likeness (QED) is 0.618. The Bertz CT molecular complexity index is 864. The molecule has 6 nitrogen and oxygen atoms in total. The molecule has 2 aromatic rings. The van der Waals surface area contributed by atoms with Gasteiger partial charge in [0.2, 0.25) is 0 Å². The van der Waals surface area contributed by atoms with Crippen LogP contribution in [0.2, 0.25) is 0 Å². The Morgan fingerprint density at radius 1 is 0.680 bits per heavy atom. The number of rotatable bonds is 2. The molecule has 0 N–H and O–H groups in total. The van der Waals surface area contributed by atoms with Gasteiger partial charge in [-0.3, -0.25) is 0 Å². The summed E-state index contributed by atoms with van der Waals surface area (Å²) >= 11 is 0. The van der Waals surface area contributed by atoms with Crippen LogP contribution in [0.1, 0.15) is 60.3 Å². The van der Waals surface area contributed by atoms with Gasteiger partial charge in [-0.05, 0) is 30.2 Å². The number of carbonyl (C=O) groups excluding carboxylic acids is 4. The van der Waals surface area contributed by atoms with E-state index in [4.69, 9.17) is 0 Å². The molecule has 0 aliphatic carbocycles. The number of benzene rings is 2. The molecule has 2 aromatic carbocycles. The summed E-state index contributed by atoms with van der Waals surface area (Å²) in [5.74, 6) is -2.13. The van der Waals surface area contributed by atoms with Crippen molar-refractivity contribution < 1.29 is 28.7 Å². The number of esters is 4. The Morgan fingerprint density at radius 3 is 1.80 bits per heavy atom. The molecule has 0 aromatic heterocycles. The minimum absolute atomic E-state index is 0.359. The summed E-state index contributed by atoms with van der Waals surface area (Å²) in [6, 6.07) is 11.8. The average Bonchev–Trinajstić information content (AvgIpc) is 3.06. The molecule has 0 saturated carbocycles. The lowest BCUT2D eigenvalue weighted by Gasteiger charge is -2.01. The Kier molecular flexibility index (Phi) is 4.43. The molecule has 0 bridgehead atoms. The van der Waals surface area contributed by atoms with Crippen LogP contribution in [0.25, 0.3) is 0 Å². The molecule has 0 saturated heterocycles. The van der Waals surface area contributed by atoms with Crippen molar-refractivity contribution in [1.29, 1.82) is 0 Å². The summed E-state index contributed by atoms with van der Waals surface area (Å²) < 4.78 is 8.89. The van der Waals surface area contributed by atoms with Crippen molar-refractivity contribution in [2.45, 2.75) is 19.8 Å². The SMILES string of the molecule is CCCc1cccc2c1C(=O)OC2=O.O=C1OC(=O)c2ccccc21. The van der Waals surface area contributed by atoms with Crippen molar-refractivity contribution >= 4 is 23.9 Å². The van der Waals surface area contributed by atoms with Gasteiger partial charge in [-0.15, -0.1) is 0 Å². The second kappa shape index (κ2) is 6.68. The number of ether oxygens (including phenoxy) is 2. The first-order valence-electron chi connectivity index (χ1n) is 7.77. The zero-order chi connectivity index (χ0) is 18.0. The van der Waals surface area contributed by atoms with Crippen molar-refractivity contribution in [3.63, 3.8) is 0 Å². The third-order valence-electron chi connectivity index (χ3n) is 3.83. The smallest absolute Gasteiger partial charge is 0.347 e. The number of hydrogen-bond donors (Lipinski definition) is 0.